The molecule has 0 unspecified atom stereocenters. The average molecular weight is 423 g/mol. The van der Waals surface area contributed by atoms with Gasteiger partial charge < -0.3 is 25.1 Å². The highest BCUT2D eigenvalue weighted by atomic mass is 35.6. The van der Waals surface area contributed by atoms with Gasteiger partial charge in [-0.25, -0.2) is 0 Å². The molecule has 1 aromatic carbocycles. The van der Waals surface area contributed by atoms with Gasteiger partial charge in [-0.3, -0.25) is 4.79 Å². The van der Waals surface area contributed by atoms with E-state index in [0.29, 0.717) is 11.4 Å². The highest BCUT2D eigenvalue weighted by molar-refractivity contribution is 7.80. The molecule has 2 aromatic rings. The van der Waals surface area contributed by atoms with Crippen LogP contribution in [0, 0.1) is 0 Å². The van der Waals surface area contributed by atoms with Gasteiger partial charge >= 0.3 is 0 Å². The second kappa shape index (κ2) is 8.62. The molecule has 0 saturated heterocycles. The van der Waals surface area contributed by atoms with Crippen LogP contribution >= 0.6 is 47.0 Å². The molecule has 1 aromatic heterocycles. The first-order valence-electron chi connectivity index (χ1n) is 6.93. The van der Waals surface area contributed by atoms with Crippen molar-refractivity contribution in [2.45, 2.75) is 9.96 Å². The van der Waals surface area contributed by atoms with Crippen molar-refractivity contribution >= 4 is 63.7 Å². The molecule has 2 rings (SSSR count). The number of methoxy groups -OCH3 is 1. The van der Waals surface area contributed by atoms with Crippen molar-refractivity contribution < 1.29 is 13.9 Å². The summed E-state index contributed by atoms with van der Waals surface area (Å²) in [6.45, 7) is 0. The lowest BCUT2D eigenvalue weighted by Gasteiger charge is -2.27. The van der Waals surface area contributed by atoms with Crippen LogP contribution in [0.3, 0.4) is 0 Å². The lowest BCUT2D eigenvalue weighted by atomic mass is 10.3. The number of ether oxygens (including phenoxy) is 1. The van der Waals surface area contributed by atoms with Crippen LogP contribution in [-0.2, 0) is 0 Å². The van der Waals surface area contributed by atoms with Gasteiger partial charge in [0.1, 0.15) is 11.9 Å². The fraction of sp³-hybridized carbons (Fsp3) is 0.200. The quantitative estimate of drug-likeness (QED) is 0.387. The van der Waals surface area contributed by atoms with Crippen molar-refractivity contribution in [3.05, 3.63) is 48.4 Å². The number of furan rings is 1. The van der Waals surface area contributed by atoms with Gasteiger partial charge in [0.15, 0.2) is 10.9 Å². The van der Waals surface area contributed by atoms with Crippen LogP contribution in [0.5, 0.6) is 5.75 Å². The Bertz CT molecular complexity index is 735. The first-order valence-corrected chi connectivity index (χ1v) is 8.47. The maximum atomic E-state index is 12.1. The third-order valence-corrected chi connectivity index (χ3v) is 3.85. The second-order valence-electron chi connectivity index (χ2n) is 4.72. The summed E-state index contributed by atoms with van der Waals surface area (Å²) in [5, 5.41) is 8.29. The average Bonchev–Trinajstić information content (AvgIpc) is 3.08. The van der Waals surface area contributed by atoms with Gasteiger partial charge in [-0.15, -0.1) is 0 Å². The highest BCUT2D eigenvalue weighted by Crippen LogP contribution is 2.29. The van der Waals surface area contributed by atoms with E-state index in [1.165, 1.54) is 19.4 Å². The zero-order valence-corrected chi connectivity index (χ0v) is 16.0. The van der Waals surface area contributed by atoms with E-state index in [1.54, 1.807) is 24.3 Å². The summed E-state index contributed by atoms with van der Waals surface area (Å²) in [6.07, 6.45) is 0.255. The fourth-order valence-electron chi connectivity index (χ4n) is 1.85. The number of anilines is 1. The van der Waals surface area contributed by atoms with E-state index in [-0.39, 0.29) is 10.9 Å². The Morgan fingerprint density at radius 2 is 1.92 bits per heavy atom. The Morgan fingerprint density at radius 3 is 2.52 bits per heavy atom. The second-order valence-corrected chi connectivity index (χ2v) is 7.50. The third kappa shape index (κ3) is 5.67. The maximum absolute atomic E-state index is 12.1. The van der Waals surface area contributed by atoms with E-state index in [4.69, 9.17) is 56.2 Å². The highest BCUT2D eigenvalue weighted by Gasteiger charge is 2.35. The number of hydrogen-bond donors (Lipinski definition) is 3. The number of halogens is 3. The molecule has 0 radical (unpaired) electrons. The van der Waals surface area contributed by atoms with E-state index in [2.05, 4.69) is 16.0 Å². The zero-order chi connectivity index (χ0) is 18.4. The number of thiocarbonyl (C=S) groups is 1. The molecule has 0 aliphatic rings. The SMILES string of the molecule is COc1ccccc1NC(=S)N[C@@H](NC(=O)c1ccco1)C(Cl)(Cl)Cl. The van der Waals surface area contributed by atoms with Crippen molar-refractivity contribution in [2.75, 3.05) is 12.4 Å². The molecule has 10 heteroatoms. The van der Waals surface area contributed by atoms with Gasteiger partial charge in [0, 0.05) is 0 Å². The Labute approximate surface area is 164 Å². The summed E-state index contributed by atoms with van der Waals surface area (Å²) in [7, 11) is 1.53. The minimum absolute atomic E-state index is 0.0738. The monoisotopic (exact) mass is 421 g/mol. The summed E-state index contributed by atoms with van der Waals surface area (Å²) in [4.78, 5) is 12.1. The molecule has 25 heavy (non-hydrogen) atoms. The summed E-state index contributed by atoms with van der Waals surface area (Å²) in [5.41, 5.74) is 0.614. The summed E-state index contributed by atoms with van der Waals surface area (Å²) in [5.74, 6) is 0.0928. The largest absolute Gasteiger partial charge is 0.495 e. The third-order valence-electron chi connectivity index (χ3n) is 2.98. The zero-order valence-electron chi connectivity index (χ0n) is 12.9. The predicted molar refractivity (Wildman–Crippen MR) is 103 cm³/mol. The number of nitrogens with one attached hydrogen (secondary N) is 3. The molecule has 0 aliphatic heterocycles. The number of amides is 1. The number of carbonyl (C=O) groups is 1. The molecule has 134 valence electrons. The number of para-hydroxylation sites is 2. The topological polar surface area (TPSA) is 75.5 Å². The van der Waals surface area contributed by atoms with Crippen LogP contribution in [0.2, 0.25) is 0 Å². The van der Waals surface area contributed by atoms with Crippen LogP contribution in [0.4, 0.5) is 5.69 Å². The van der Waals surface area contributed by atoms with Crippen LogP contribution in [0.25, 0.3) is 0 Å². The van der Waals surface area contributed by atoms with E-state index in [0.717, 1.165) is 0 Å². The van der Waals surface area contributed by atoms with E-state index in [9.17, 15) is 4.79 Å². The first kappa shape index (κ1) is 19.7. The van der Waals surface area contributed by atoms with Crippen LogP contribution in [0.15, 0.2) is 47.1 Å². The first-order chi connectivity index (χ1) is 11.8. The van der Waals surface area contributed by atoms with Gasteiger partial charge in [-0.1, -0.05) is 46.9 Å². The molecular formula is C15H14Cl3N3O3S. The Hall–Kier alpha value is -1.67. The smallest absolute Gasteiger partial charge is 0.288 e. The molecule has 1 amide bonds. The standard InChI is InChI=1S/C15H14Cl3N3O3S/c1-23-10-6-3-2-5-9(10)19-14(25)21-13(15(16,17)18)20-12(22)11-7-4-8-24-11/h2-8,13H,1H3,(H,20,22)(H2,19,21,25)/t13-/m1/s1. The summed E-state index contributed by atoms with van der Waals surface area (Å²) < 4.78 is 8.36. The lowest BCUT2D eigenvalue weighted by molar-refractivity contribution is 0.0906. The molecule has 1 heterocycles. The predicted octanol–water partition coefficient (Wildman–Crippen LogP) is 3.70. The molecule has 0 fully saturated rings. The molecular weight excluding hydrogens is 409 g/mol. The van der Waals surface area contributed by atoms with Gasteiger partial charge in [0.2, 0.25) is 3.79 Å². The molecule has 6 nitrogen and oxygen atoms in total. The van der Waals surface area contributed by atoms with Crippen molar-refractivity contribution in [3.63, 3.8) is 0 Å². The molecule has 0 bridgehead atoms. The van der Waals surface area contributed by atoms with E-state index >= 15 is 0 Å². The van der Waals surface area contributed by atoms with Crippen LogP contribution in [0.1, 0.15) is 10.6 Å². The van der Waals surface area contributed by atoms with E-state index < -0.39 is 15.9 Å². The minimum atomic E-state index is -1.87. The normalized spacial score (nSPS) is 12.2. The van der Waals surface area contributed by atoms with Crippen molar-refractivity contribution in [2.24, 2.45) is 0 Å². The number of alkyl halides is 3. The van der Waals surface area contributed by atoms with Gasteiger partial charge in [-0.2, -0.15) is 0 Å². The minimum Gasteiger partial charge on any atom is -0.495 e. The van der Waals surface area contributed by atoms with Gasteiger partial charge in [-0.05, 0) is 36.5 Å². The molecule has 0 aliphatic carbocycles. The Morgan fingerprint density at radius 1 is 1.20 bits per heavy atom. The number of benzene rings is 1. The van der Waals surface area contributed by atoms with Crippen molar-refractivity contribution in [1.29, 1.82) is 0 Å². The number of rotatable bonds is 5. The van der Waals surface area contributed by atoms with E-state index in [1.807, 2.05) is 6.07 Å². The number of hydrogen-bond acceptors (Lipinski definition) is 4. The van der Waals surface area contributed by atoms with Crippen LogP contribution in [-0.4, -0.2) is 28.1 Å². The lowest BCUT2D eigenvalue weighted by Crippen LogP contribution is -2.56. The summed E-state index contributed by atoms with van der Waals surface area (Å²) >= 11 is 23.0. The maximum Gasteiger partial charge on any atom is 0.288 e. The van der Waals surface area contributed by atoms with Gasteiger partial charge in [0.25, 0.3) is 5.91 Å². The molecule has 1 atom stereocenters. The van der Waals surface area contributed by atoms with Crippen LogP contribution < -0.4 is 20.7 Å². The summed E-state index contributed by atoms with van der Waals surface area (Å²) in [6, 6.07) is 10.2. The van der Waals surface area contributed by atoms with Crippen molar-refractivity contribution in [1.82, 2.24) is 10.6 Å². The van der Waals surface area contributed by atoms with Crippen molar-refractivity contribution in [3.8, 4) is 5.75 Å². The fourth-order valence-corrected chi connectivity index (χ4v) is 2.40. The Balaban J connectivity index is 2.06. The van der Waals surface area contributed by atoms with Gasteiger partial charge in [0.05, 0.1) is 19.1 Å². The number of carbonyl (C=O) groups excluding carboxylic acids is 1. The molecule has 3 N–H and O–H groups in total. The molecule has 0 saturated carbocycles. The molecule has 0 spiro atoms. The Kier molecular flexibility index (Phi) is 6.78.